The molecule has 0 spiro atoms. The maximum Gasteiger partial charge on any atom is 0.270 e. The highest BCUT2D eigenvalue weighted by molar-refractivity contribution is 9.11. The number of benzene rings is 1. The minimum Gasteiger partial charge on any atom is -0.397 e. The SMILES string of the molecule is N#Cc1c(N)c(Br)cc(Br)c1N1CCc2nc(-c3cnc(N4CC[C@H](F)C4)c(Br)c3)sc2C1=O. The zero-order chi connectivity index (χ0) is 24.1. The number of alkyl halides is 1. The van der Waals surface area contributed by atoms with Gasteiger partial charge in [0.05, 0.1) is 28.1 Å². The topological polar surface area (TPSA) is 99.1 Å². The van der Waals surface area contributed by atoms with Gasteiger partial charge in [-0.1, -0.05) is 0 Å². The zero-order valence-corrected chi connectivity index (χ0v) is 23.1. The van der Waals surface area contributed by atoms with Gasteiger partial charge < -0.3 is 15.5 Å². The number of rotatable bonds is 3. The van der Waals surface area contributed by atoms with Gasteiger partial charge >= 0.3 is 0 Å². The van der Waals surface area contributed by atoms with E-state index in [2.05, 4.69) is 58.8 Å². The van der Waals surface area contributed by atoms with E-state index < -0.39 is 6.17 Å². The molecule has 174 valence electrons. The molecule has 0 radical (unpaired) electrons. The van der Waals surface area contributed by atoms with E-state index in [0.717, 1.165) is 15.7 Å². The number of fused-ring (bicyclic) bond motifs is 1. The molecule has 12 heteroatoms. The molecule has 1 atom stereocenters. The second kappa shape index (κ2) is 9.18. The van der Waals surface area contributed by atoms with Gasteiger partial charge in [-0.2, -0.15) is 5.26 Å². The van der Waals surface area contributed by atoms with E-state index in [1.807, 2.05) is 11.0 Å². The molecule has 2 N–H and O–H groups in total. The van der Waals surface area contributed by atoms with E-state index >= 15 is 0 Å². The molecule has 3 aromatic rings. The van der Waals surface area contributed by atoms with Crippen LogP contribution in [0.5, 0.6) is 0 Å². The number of nitriles is 1. The molecule has 0 aliphatic carbocycles. The lowest BCUT2D eigenvalue weighted by molar-refractivity contribution is 0.0984. The van der Waals surface area contributed by atoms with Crippen molar-refractivity contribution in [3.8, 4) is 16.6 Å². The van der Waals surface area contributed by atoms with Crippen LogP contribution in [-0.4, -0.2) is 41.7 Å². The average molecular weight is 671 g/mol. The van der Waals surface area contributed by atoms with E-state index in [9.17, 15) is 14.4 Å². The number of thiazole rings is 1. The first-order chi connectivity index (χ1) is 16.3. The van der Waals surface area contributed by atoms with E-state index in [1.165, 1.54) is 11.3 Å². The second-order valence-electron chi connectivity index (χ2n) is 7.95. The van der Waals surface area contributed by atoms with Crippen molar-refractivity contribution < 1.29 is 9.18 Å². The van der Waals surface area contributed by atoms with Crippen molar-refractivity contribution in [2.75, 3.05) is 35.2 Å². The minimum atomic E-state index is -0.837. The standard InChI is InChI=1S/C22H16Br3FN6OS/c23-13-6-14(24)18(12(7-27)17(13)28)32-4-2-16-19(22(32)33)34-21(30-16)10-5-15(25)20(29-8-10)31-3-1-11(26)9-31/h5-6,8,11H,1-4,9,28H2/t11-/m0/s1. The molecular weight excluding hydrogens is 655 g/mol. The smallest absolute Gasteiger partial charge is 0.270 e. The Kier molecular flexibility index (Phi) is 6.39. The first kappa shape index (κ1) is 23.7. The number of nitrogens with two attached hydrogens (primary N) is 1. The Labute approximate surface area is 224 Å². The number of carbonyl (C=O) groups is 1. The summed E-state index contributed by atoms with van der Waals surface area (Å²) in [4.78, 5) is 26.7. The van der Waals surface area contributed by atoms with Crippen LogP contribution in [-0.2, 0) is 6.42 Å². The second-order valence-corrected chi connectivity index (χ2v) is 11.5. The Balaban J connectivity index is 1.47. The van der Waals surface area contributed by atoms with Gasteiger partial charge in [-0.15, -0.1) is 11.3 Å². The number of hydrogen-bond acceptors (Lipinski definition) is 7. The molecule has 1 aromatic carbocycles. The van der Waals surface area contributed by atoms with Gasteiger partial charge in [-0.25, -0.2) is 14.4 Å². The largest absolute Gasteiger partial charge is 0.397 e. The Morgan fingerprint density at radius 3 is 2.68 bits per heavy atom. The van der Waals surface area contributed by atoms with Crippen molar-refractivity contribution in [1.29, 1.82) is 5.26 Å². The van der Waals surface area contributed by atoms with Crippen LogP contribution in [0.25, 0.3) is 10.6 Å². The number of aromatic nitrogens is 2. The summed E-state index contributed by atoms with van der Waals surface area (Å²) < 4.78 is 15.6. The van der Waals surface area contributed by atoms with Crippen molar-refractivity contribution in [2.24, 2.45) is 0 Å². The number of anilines is 3. The minimum absolute atomic E-state index is 0.223. The van der Waals surface area contributed by atoms with Crippen molar-refractivity contribution in [3.63, 3.8) is 0 Å². The number of carbonyl (C=O) groups excluding carboxylic acids is 1. The average Bonchev–Trinajstić information content (AvgIpc) is 3.43. The number of hydrogen-bond donors (Lipinski definition) is 1. The number of pyridine rings is 1. The molecule has 2 aliphatic rings. The summed E-state index contributed by atoms with van der Waals surface area (Å²) in [6, 6.07) is 5.77. The Hall–Kier alpha value is -2.07. The van der Waals surface area contributed by atoms with Crippen molar-refractivity contribution in [1.82, 2.24) is 9.97 Å². The molecule has 1 fully saturated rings. The third kappa shape index (κ3) is 4.02. The fraction of sp³-hybridized carbons (Fsp3) is 0.273. The van der Waals surface area contributed by atoms with Gasteiger partial charge in [0.15, 0.2) is 0 Å². The maximum absolute atomic E-state index is 13.6. The van der Waals surface area contributed by atoms with Crippen LogP contribution in [0.1, 0.15) is 27.3 Å². The molecule has 0 bridgehead atoms. The Morgan fingerprint density at radius 1 is 1.21 bits per heavy atom. The highest BCUT2D eigenvalue weighted by Gasteiger charge is 2.33. The van der Waals surface area contributed by atoms with Crippen molar-refractivity contribution in [3.05, 3.63) is 47.9 Å². The summed E-state index contributed by atoms with van der Waals surface area (Å²) in [5, 5.41) is 10.4. The molecule has 7 nitrogen and oxygen atoms in total. The quantitative estimate of drug-likeness (QED) is 0.359. The summed E-state index contributed by atoms with van der Waals surface area (Å²) in [6.45, 7) is 1.34. The zero-order valence-electron chi connectivity index (χ0n) is 17.5. The molecule has 5 rings (SSSR count). The number of halogens is 4. The predicted octanol–water partition coefficient (Wildman–Crippen LogP) is 5.70. The summed E-state index contributed by atoms with van der Waals surface area (Å²) in [5.74, 6) is 0.479. The van der Waals surface area contributed by atoms with Gasteiger partial charge in [-0.05, 0) is 66.3 Å². The Morgan fingerprint density at radius 2 is 2.00 bits per heavy atom. The number of nitrogen functional groups attached to an aromatic ring is 1. The third-order valence-corrected chi connectivity index (χ3v) is 8.81. The van der Waals surface area contributed by atoms with E-state index in [-0.39, 0.29) is 17.2 Å². The normalized spacial score (nSPS) is 17.7. The van der Waals surface area contributed by atoms with Crippen LogP contribution >= 0.6 is 59.1 Å². The molecule has 1 amide bonds. The maximum atomic E-state index is 13.6. The van der Waals surface area contributed by atoms with Crippen LogP contribution < -0.4 is 15.5 Å². The number of nitrogens with zero attached hydrogens (tertiary/aromatic N) is 5. The molecule has 1 saturated heterocycles. The van der Waals surface area contributed by atoms with Gasteiger partial charge in [0.2, 0.25) is 0 Å². The molecule has 2 aliphatic heterocycles. The fourth-order valence-electron chi connectivity index (χ4n) is 4.16. The van der Waals surface area contributed by atoms with Gasteiger partial charge in [0.25, 0.3) is 5.91 Å². The van der Waals surface area contributed by atoms with Gasteiger partial charge in [-0.3, -0.25) is 4.79 Å². The summed E-state index contributed by atoms with van der Waals surface area (Å²) in [5.41, 5.74) is 8.58. The van der Waals surface area contributed by atoms with E-state index in [4.69, 9.17) is 10.7 Å². The highest BCUT2D eigenvalue weighted by atomic mass is 79.9. The van der Waals surface area contributed by atoms with Crippen LogP contribution in [0, 0.1) is 11.3 Å². The lowest BCUT2D eigenvalue weighted by atomic mass is 10.1. The predicted molar refractivity (Wildman–Crippen MR) is 141 cm³/mol. The molecule has 2 aromatic heterocycles. The van der Waals surface area contributed by atoms with E-state index in [0.29, 0.717) is 62.8 Å². The molecule has 0 unspecified atom stereocenters. The van der Waals surface area contributed by atoms with Crippen LogP contribution in [0.4, 0.5) is 21.6 Å². The summed E-state index contributed by atoms with van der Waals surface area (Å²) in [6.07, 6.45) is 1.92. The summed E-state index contributed by atoms with van der Waals surface area (Å²) in [7, 11) is 0. The van der Waals surface area contributed by atoms with Crippen molar-refractivity contribution in [2.45, 2.75) is 19.0 Å². The molecule has 4 heterocycles. The molecular formula is C22H16Br3FN6OS. The van der Waals surface area contributed by atoms with Crippen molar-refractivity contribution >= 4 is 82.2 Å². The van der Waals surface area contributed by atoms with Crippen LogP contribution in [0.15, 0.2) is 31.7 Å². The third-order valence-electron chi connectivity index (χ3n) is 5.83. The monoisotopic (exact) mass is 668 g/mol. The van der Waals surface area contributed by atoms with Gasteiger partial charge in [0.1, 0.15) is 33.5 Å². The van der Waals surface area contributed by atoms with Crippen LogP contribution in [0.2, 0.25) is 0 Å². The van der Waals surface area contributed by atoms with E-state index in [1.54, 1.807) is 17.2 Å². The first-order valence-corrected chi connectivity index (χ1v) is 13.5. The fourth-order valence-corrected chi connectivity index (χ4v) is 7.18. The molecule has 34 heavy (non-hydrogen) atoms. The lowest BCUT2D eigenvalue weighted by Gasteiger charge is -2.28. The summed E-state index contributed by atoms with van der Waals surface area (Å²) >= 11 is 11.7. The number of amides is 1. The lowest BCUT2D eigenvalue weighted by Crippen LogP contribution is -2.37. The highest BCUT2D eigenvalue weighted by Crippen LogP contribution is 2.42. The first-order valence-electron chi connectivity index (χ1n) is 10.3. The molecule has 0 saturated carbocycles. The Bertz CT molecular complexity index is 1370. The van der Waals surface area contributed by atoms with Crippen LogP contribution in [0.3, 0.4) is 0 Å². The van der Waals surface area contributed by atoms with Gasteiger partial charge in [0, 0.05) is 40.2 Å².